The van der Waals surface area contributed by atoms with E-state index in [1.54, 1.807) is 29.2 Å². The van der Waals surface area contributed by atoms with Crippen molar-refractivity contribution in [3.05, 3.63) is 63.1 Å². The molecule has 0 radical (unpaired) electrons. The molecule has 0 unspecified atom stereocenters. The van der Waals surface area contributed by atoms with E-state index in [1.165, 1.54) is 6.08 Å². The number of nitrogens with zero attached hydrogens (tertiary/aromatic N) is 2. The first-order valence-electron chi connectivity index (χ1n) is 10.2. The molecule has 3 rings (SSSR count). The average molecular weight is 498 g/mol. The number of nitriles is 1. The Bertz CT molecular complexity index is 1090. The molecular formula is C24H24BrN3O4. The van der Waals surface area contributed by atoms with E-state index in [9.17, 15) is 14.9 Å². The summed E-state index contributed by atoms with van der Waals surface area (Å²) in [5.41, 5.74) is 3.44. The van der Waals surface area contributed by atoms with Crippen LogP contribution in [0.3, 0.4) is 0 Å². The molecule has 1 aliphatic heterocycles. The average Bonchev–Trinajstić information content (AvgIpc) is 2.79. The standard InChI is InChI=1S/C24H24BrN3O4/c1-16-3-5-20(11-17(16)2)27-24(30)19(14-26)12-18-4-6-22(21(25)13-18)32-15-23(29)28-7-9-31-10-8-28/h3-6,11-13H,7-10,15H2,1-2H3,(H,27,30). The van der Waals surface area contributed by atoms with Crippen LogP contribution in [0.4, 0.5) is 5.69 Å². The van der Waals surface area contributed by atoms with Gasteiger partial charge in [0.2, 0.25) is 0 Å². The number of anilines is 1. The van der Waals surface area contributed by atoms with Gasteiger partial charge in [-0.15, -0.1) is 0 Å². The Morgan fingerprint density at radius 3 is 2.59 bits per heavy atom. The summed E-state index contributed by atoms with van der Waals surface area (Å²) in [5.74, 6) is -0.0795. The Balaban J connectivity index is 1.65. The lowest BCUT2D eigenvalue weighted by Gasteiger charge is -2.26. The maximum Gasteiger partial charge on any atom is 0.266 e. The van der Waals surface area contributed by atoms with Crippen LogP contribution in [-0.2, 0) is 14.3 Å². The van der Waals surface area contributed by atoms with Gasteiger partial charge in [-0.1, -0.05) is 12.1 Å². The van der Waals surface area contributed by atoms with Gasteiger partial charge in [0.05, 0.1) is 17.7 Å². The predicted molar refractivity (Wildman–Crippen MR) is 125 cm³/mol. The number of aryl methyl sites for hydroxylation is 2. The summed E-state index contributed by atoms with van der Waals surface area (Å²) in [5, 5.41) is 12.2. The summed E-state index contributed by atoms with van der Waals surface area (Å²) in [6.07, 6.45) is 1.50. The third-order valence-electron chi connectivity index (χ3n) is 5.11. The molecule has 0 saturated carbocycles. The molecule has 8 heteroatoms. The smallest absolute Gasteiger partial charge is 0.266 e. The molecule has 1 fully saturated rings. The van der Waals surface area contributed by atoms with Gasteiger partial charge in [-0.25, -0.2) is 0 Å². The van der Waals surface area contributed by atoms with Crippen LogP contribution >= 0.6 is 15.9 Å². The molecule has 1 heterocycles. The van der Waals surface area contributed by atoms with Crippen LogP contribution in [0.1, 0.15) is 16.7 Å². The van der Waals surface area contributed by atoms with Crippen molar-refractivity contribution in [3.63, 3.8) is 0 Å². The maximum absolute atomic E-state index is 12.5. The van der Waals surface area contributed by atoms with Crippen molar-refractivity contribution in [1.82, 2.24) is 4.90 Å². The fourth-order valence-corrected chi connectivity index (χ4v) is 3.61. The van der Waals surface area contributed by atoms with Gasteiger partial charge in [0.1, 0.15) is 17.4 Å². The lowest BCUT2D eigenvalue weighted by molar-refractivity contribution is -0.137. The van der Waals surface area contributed by atoms with Gasteiger partial charge in [0.15, 0.2) is 6.61 Å². The molecule has 0 aromatic heterocycles. The molecule has 0 bridgehead atoms. The van der Waals surface area contributed by atoms with Crippen molar-refractivity contribution in [3.8, 4) is 11.8 Å². The molecule has 0 aliphatic carbocycles. The highest BCUT2D eigenvalue weighted by Gasteiger charge is 2.18. The molecule has 2 aromatic carbocycles. The minimum atomic E-state index is -0.483. The highest BCUT2D eigenvalue weighted by Crippen LogP contribution is 2.27. The number of nitrogens with one attached hydrogen (secondary N) is 1. The number of ether oxygens (including phenoxy) is 2. The zero-order valence-corrected chi connectivity index (χ0v) is 19.6. The molecular weight excluding hydrogens is 474 g/mol. The molecule has 2 amide bonds. The Morgan fingerprint density at radius 1 is 1.19 bits per heavy atom. The number of morpholine rings is 1. The SMILES string of the molecule is Cc1ccc(NC(=O)C(C#N)=Cc2ccc(OCC(=O)N3CCOCC3)c(Br)c2)cc1C. The van der Waals surface area contributed by atoms with Gasteiger partial charge in [0, 0.05) is 18.8 Å². The normalized spacial score (nSPS) is 13.9. The molecule has 166 valence electrons. The van der Waals surface area contributed by atoms with E-state index in [2.05, 4.69) is 21.2 Å². The van der Waals surface area contributed by atoms with Crippen LogP contribution in [0.5, 0.6) is 5.75 Å². The number of halogens is 1. The quantitative estimate of drug-likeness (QED) is 0.483. The largest absolute Gasteiger partial charge is 0.483 e. The third kappa shape index (κ3) is 6.19. The Morgan fingerprint density at radius 2 is 1.94 bits per heavy atom. The summed E-state index contributed by atoms with van der Waals surface area (Å²) in [6.45, 7) is 6.08. The van der Waals surface area contributed by atoms with Crippen LogP contribution in [0.15, 0.2) is 46.4 Å². The summed E-state index contributed by atoms with van der Waals surface area (Å²) >= 11 is 3.43. The minimum Gasteiger partial charge on any atom is -0.483 e. The van der Waals surface area contributed by atoms with Crippen molar-refractivity contribution in [2.75, 3.05) is 38.2 Å². The number of rotatable bonds is 6. The van der Waals surface area contributed by atoms with Crippen molar-refractivity contribution in [2.24, 2.45) is 0 Å². The van der Waals surface area contributed by atoms with Crippen molar-refractivity contribution in [2.45, 2.75) is 13.8 Å². The van der Waals surface area contributed by atoms with Gasteiger partial charge >= 0.3 is 0 Å². The maximum atomic E-state index is 12.5. The van der Waals surface area contributed by atoms with Gasteiger partial charge in [0.25, 0.3) is 11.8 Å². The van der Waals surface area contributed by atoms with Crippen LogP contribution in [-0.4, -0.2) is 49.6 Å². The van der Waals surface area contributed by atoms with E-state index in [0.29, 0.717) is 47.8 Å². The second kappa shape index (κ2) is 10.9. The predicted octanol–water partition coefficient (Wildman–Crippen LogP) is 3.85. The van der Waals surface area contributed by atoms with E-state index in [4.69, 9.17) is 9.47 Å². The number of benzene rings is 2. The third-order valence-corrected chi connectivity index (χ3v) is 5.73. The van der Waals surface area contributed by atoms with Gasteiger partial charge in [-0.05, 0) is 76.8 Å². The Hall–Kier alpha value is -3.15. The van der Waals surface area contributed by atoms with Crippen molar-refractivity contribution >= 4 is 39.5 Å². The second-order valence-corrected chi connectivity index (χ2v) is 8.25. The second-order valence-electron chi connectivity index (χ2n) is 7.39. The van der Waals surface area contributed by atoms with Crippen LogP contribution in [0, 0.1) is 25.2 Å². The molecule has 1 saturated heterocycles. The van der Waals surface area contributed by atoms with E-state index < -0.39 is 5.91 Å². The first-order valence-corrected chi connectivity index (χ1v) is 10.9. The molecule has 0 atom stereocenters. The van der Waals surface area contributed by atoms with Crippen molar-refractivity contribution < 1.29 is 19.1 Å². The Kier molecular flexibility index (Phi) is 8.03. The number of hydrogen-bond acceptors (Lipinski definition) is 5. The zero-order valence-electron chi connectivity index (χ0n) is 18.0. The van der Waals surface area contributed by atoms with Crippen LogP contribution in [0.2, 0.25) is 0 Å². The lowest BCUT2D eigenvalue weighted by atomic mass is 10.1. The molecule has 32 heavy (non-hydrogen) atoms. The minimum absolute atomic E-state index is 0.0220. The van der Waals surface area contributed by atoms with Crippen molar-refractivity contribution in [1.29, 1.82) is 5.26 Å². The van der Waals surface area contributed by atoms with Gasteiger partial charge in [-0.2, -0.15) is 5.26 Å². The Labute approximate surface area is 195 Å². The number of amides is 2. The molecule has 2 aromatic rings. The topological polar surface area (TPSA) is 91.7 Å². The summed E-state index contributed by atoms with van der Waals surface area (Å²) in [4.78, 5) is 26.5. The number of carbonyl (C=O) groups is 2. The first kappa shape index (κ1) is 23.5. The summed E-state index contributed by atoms with van der Waals surface area (Å²) in [7, 11) is 0. The monoisotopic (exact) mass is 497 g/mol. The summed E-state index contributed by atoms with van der Waals surface area (Å²) in [6, 6.07) is 12.7. The summed E-state index contributed by atoms with van der Waals surface area (Å²) < 4.78 is 11.5. The fraction of sp³-hybridized carbons (Fsp3) is 0.292. The number of hydrogen-bond donors (Lipinski definition) is 1. The zero-order chi connectivity index (χ0) is 23.1. The first-order chi connectivity index (χ1) is 15.4. The van der Waals surface area contributed by atoms with E-state index in [-0.39, 0.29) is 18.1 Å². The van der Waals surface area contributed by atoms with E-state index in [1.807, 2.05) is 32.0 Å². The molecule has 0 spiro atoms. The van der Waals surface area contributed by atoms with Crippen LogP contribution in [0.25, 0.3) is 6.08 Å². The lowest BCUT2D eigenvalue weighted by Crippen LogP contribution is -2.43. The van der Waals surface area contributed by atoms with Crippen LogP contribution < -0.4 is 10.1 Å². The van der Waals surface area contributed by atoms with E-state index >= 15 is 0 Å². The fourth-order valence-electron chi connectivity index (χ4n) is 3.10. The molecule has 1 aliphatic rings. The highest BCUT2D eigenvalue weighted by molar-refractivity contribution is 9.10. The van der Waals surface area contributed by atoms with Gasteiger partial charge in [-0.3, -0.25) is 9.59 Å². The van der Waals surface area contributed by atoms with Gasteiger partial charge < -0.3 is 19.7 Å². The molecule has 1 N–H and O–H groups in total. The molecule has 7 nitrogen and oxygen atoms in total. The number of carbonyl (C=O) groups excluding carboxylic acids is 2. The van der Waals surface area contributed by atoms with E-state index in [0.717, 1.165) is 11.1 Å². The highest BCUT2D eigenvalue weighted by atomic mass is 79.9.